The zero-order chi connectivity index (χ0) is 13.6. The molecule has 0 aliphatic carbocycles. The van der Waals surface area contributed by atoms with Crippen LogP contribution in [0, 0.1) is 0 Å². The molecule has 1 atom stereocenters. The number of fused-ring (bicyclic) bond motifs is 1. The minimum absolute atomic E-state index is 0.249. The van der Waals surface area contributed by atoms with Gasteiger partial charge in [-0.3, -0.25) is 0 Å². The van der Waals surface area contributed by atoms with Gasteiger partial charge in [-0.1, -0.05) is 12.1 Å². The molecule has 0 radical (unpaired) electrons. The van der Waals surface area contributed by atoms with Crippen LogP contribution in [-0.2, 0) is 6.42 Å². The first-order valence-electron chi connectivity index (χ1n) is 5.19. The highest BCUT2D eigenvalue weighted by Gasteiger charge is 2.61. The van der Waals surface area contributed by atoms with Crippen LogP contribution in [0.15, 0.2) is 18.2 Å². The summed E-state index contributed by atoms with van der Waals surface area (Å²) in [6.07, 6.45) is -5.19. The van der Waals surface area contributed by atoms with Gasteiger partial charge in [-0.15, -0.1) is 0 Å². The Labute approximate surface area is 99.5 Å². The van der Waals surface area contributed by atoms with E-state index in [0.717, 1.165) is 6.07 Å². The molecule has 2 nitrogen and oxygen atoms in total. The van der Waals surface area contributed by atoms with Gasteiger partial charge < -0.3 is 10.5 Å². The Kier molecular flexibility index (Phi) is 2.96. The summed E-state index contributed by atoms with van der Waals surface area (Å²) in [5.74, 6) is -4.46. The van der Waals surface area contributed by atoms with Crippen molar-refractivity contribution in [1.82, 2.24) is 0 Å². The van der Waals surface area contributed by atoms with Gasteiger partial charge >= 0.3 is 12.1 Å². The fourth-order valence-corrected chi connectivity index (χ4v) is 1.79. The Morgan fingerprint density at radius 1 is 1.17 bits per heavy atom. The van der Waals surface area contributed by atoms with Gasteiger partial charge in [0, 0.05) is 6.42 Å². The largest absolute Gasteiger partial charge is 0.493 e. The van der Waals surface area contributed by atoms with E-state index < -0.39 is 18.1 Å². The van der Waals surface area contributed by atoms with Crippen molar-refractivity contribution in [3.63, 3.8) is 0 Å². The van der Waals surface area contributed by atoms with Crippen molar-refractivity contribution in [3.05, 3.63) is 29.3 Å². The number of hydrogen-bond donors (Lipinski definition) is 1. The summed E-state index contributed by atoms with van der Waals surface area (Å²) in [6, 6.07) is 1.33. The highest BCUT2D eigenvalue weighted by Crippen LogP contribution is 2.44. The molecule has 2 N–H and O–H groups in total. The van der Waals surface area contributed by atoms with Crippen LogP contribution in [0.2, 0.25) is 0 Å². The number of benzene rings is 1. The van der Waals surface area contributed by atoms with E-state index in [1.54, 1.807) is 0 Å². The first kappa shape index (κ1) is 13.1. The van der Waals surface area contributed by atoms with E-state index in [1.807, 2.05) is 0 Å². The van der Waals surface area contributed by atoms with Crippen molar-refractivity contribution in [2.24, 2.45) is 5.73 Å². The first-order chi connectivity index (χ1) is 8.23. The number of ether oxygens (including phenoxy) is 1. The second-order valence-electron chi connectivity index (χ2n) is 4.06. The van der Waals surface area contributed by atoms with Crippen molar-refractivity contribution in [2.75, 3.05) is 6.61 Å². The molecular weight excluding hydrogens is 257 g/mol. The molecular formula is C11H10F5NO. The molecule has 1 unspecified atom stereocenters. The first-order valence-corrected chi connectivity index (χ1v) is 5.19. The number of rotatable bonds is 2. The lowest BCUT2D eigenvalue weighted by atomic mass is 9.98. The molecule has 1 aliphatic heterocycles. The van der Waals surface area contributed by atoms with Crippen LogP contribution >= 0.6 is 0 Å². The van der Waals surface area contributed by atoms with Crippen LogP contribution in [-0.4, -0.2) is 18.7 Å². The van der Waals surface area contributed by atoms with Crippen LogP contribution in [0.1, 0.15) is 17.2 Å². The van der Waals surface area contributed by atoms with E-state index in [9.17, 15) is 22.0 Å². The van der Waals surface area contributed by atoms with Gasteiger partial charge in [0.05, 0.1) is 6.61 Å². The van der Waals surface area contributed by atoms with E-state index in [0.29, 0.717) is 24.3 Å². The summed E-state index contributed by atoms with van der Waals surface area (Å²) >= 11 is 0. The molecule has 100 valence electrons. The van der Waals surface area contributed by atoms with Crippen molar-refractivity contribution in [3.8, 4) is 5.75 Å². The lowest BCUT2D eigenvalue weighted by molar-refractivity contribution is -0.291. The summed E-state index contributed by atoms with van der Waals surface area (Å²) in [7, 11) is 0. The Balaban J connectivity index is 2.32. The summed E-state index contributed by atoms with van der Waals surface area (Å²) in [4.78, 5) is 0. The van der Waals surface area contributed by atoms with Crippen LogP contribution < -0.4 is 10.5 Å². The molecule has 0 fully saturated rings. The predicted molar refractivity (Wildman–Crippen MR) is 53.6 cm³/mol. The zero-order valence-corrected chi connectivity index (χ0v) is 9.10. The van der Waals surface area contributed by atoms with Gasteiger partial charge in [0.2, 0.25) is 0 Å². The lowest BCUT2D eigenvalue weighted by Gasteiger charge is -2.26. The van der Waals surface area contributed by atoms with Crippen molar-refractivity contribution in [1.29, 1.82) is 0 Å². The molecule has 1 aromatic rings. The highest BCUT2D eigenvalue weighted by molar-refractivity contribution is 5.41. The van der Waals surface area contributed by atoms with E-state index in [2.05, 4.69) is 0 Å². The molecule has 1 aliphatic rings. The van der Waals surface area contributed by atoms with E-state index >= 15 is 0 Å². The molecule has 0 bridgehead atoms. The van der Waals surface area contributed by atoms with Crippen LogP contribution in [0.5, 0.6) is 5.75 Å². The molecule has 0 spiro atoms. The molecule has 7 heteroatoms. The number of alkyl halides is 5. The average Bonchev–Trinajstić information content (AvgIpc) is 2.73. The fraction of sp³-hybridized carbons (Fsp3) is 0.455. The number of nitrogens with two attached hydrogens (primary N) is 1. The molecule has 18 heavy (non-hydrogen) atoms. The molecule has 0 aromatic heterocycles. The highest BCUT2D eigenvalue weighted by atomic mass is 19.4. The topological polar surface area (TPSA) is 35.2 Å². The zero-order valence-electron chi connectivity index (χ0n) is 9.10. The van der Waals surface area contributed by atoms with Crippen LogP contribution in [0.4, 0.5) is 22.0 Å². The quantitative estimate of drug-likeness (QED) is 0.836. The molecule has 2 rings (SSSR count). The van der Waals surface area contributed by atoms with Gasteiger partial charge in [0.1, 0.15) is 11.8 Å². The fourth-order valence-electron chi connectivity index (χ4n) is 1.79. The summed E-state index contributed by atoms with van der Waals surface area (Å²) < 4.78 is 67.9. The monoisotopic (exact) mass is 267 g/mol. The Morgan fingerprint density at radius 3 is 2.44 bits per heavy atom. The predicted octanol–water partition coefficient (Wildman–Crippen LogP) is 2.82. The smallest absolute Gasteiger partial charge is 0.455 e. The van der Waals surface area contributed by atoms with Gasteiger partial charge in [-0.25, -0.2) is 0 Å². The third kappa shape index (κ3) is 2.03. The van der Waals surface area contributed by atoms with Crippen molar-refractivity contribution < 1.29 is 26.7 Å². The molecule has 0 saturated heterocycles. The van der Waals surface area contributed by atoms with Gasteiger partial charge in [-0.05, 0) is 17.2 Å². The standard InChI is InChI=1S/C11H10F5NO/c12-10(13,11(14,15)16)9(17)7-1-2-8-6(5-7)3-4-18-8/h1-2,5,9H,3-4,17H2. The molecule has 0 saturated carbocycles. The van der Waals surface area contributed by atoms with Gasteiger partial charge in [-0.2, -0.15) is 22.0 Å². The second kappa shape index (κ2) is 4.08. The second-order valence-corrected chi connectivity index (χ2v) is 4.06. The van der Waals surface area contributed by atoms with E-state index in [4.69, 9.17) is 10.5 Å². The minimum atomic E-state index is -5.66. The average molecular weight is 267 g/mol. The Morgan fingerprint density at radius 2 is 1.83 bits per heavy atom. The number of halogens is 5. The maximum absolute atomic E-state index is 13.1. The summed E-state index contributed by atoms with van der Waals surface area (Å²) in [5.41, 5.74) is 5.39. The Hall–Kier alpha value is -1.37. The van der Waals surface area contributed by atoms with Crippen LogP contribution in [0.3, 0.4) is 0 Å². The Bertz CT molecular complexity index is 457. The maximum Gasteiger partial charge on any atom is 0.455 e. The van der Waals surface area contributed by atoms with Crippen molar-refractivity contribution in [2.45, 2.75) is 24.6 Å². The summed E-state index contributed by atoms with van der Waals surface area (Å²) in [5, 5.41) is 0. The molecule has 1 aromatic carbocycles. The normalized spacial score (nSPS) is 17.2. The maximum atomic E-state index is 13.1. The van der Waals surface area contributed by atoms with Gasteiger partial charge in [0.25, 0.3) is 0 Å². The third-order valence-corrected chi connectivity index (χ3v) is 2.84. The third-order valence-electron chi connectivity index (χ3n) is 2.84. The molecule has 0 amide bonds. The molecule has 1 heterocycles. The van der Waals surface area contributed by atoms with E-state index in [-0.39, 0.29) is 5.56 Å². The van der Waals surface area contributed by atoms with E-state index in [1.165, 1.54) is 12.1 Å². The van der Waals surface area contributed by atoms with Crippen molar-refractivity contribution >= 4 is 0 Å². The van der Waals surface area contributed by atoms with Gasteiger partial charge in [0.15, 0.2) is 0 Å². The lowest BCUT2D eigenvalue weighted by Crippen LogP contribution is -2.45. The van der Waals surface area contributed by atoms with Crippen LogP contribution in [0.25, 0.3) is 0 Å². The minimum Gasteiger partial charge on any atom is -0.493 e. The number of hydrogen-bond acceptors (Lipinski definition) is 2. The SMILES string of the molecule is NC(c1ccc2c(c1)CCO2)C(F)(F)C(F)(F)F. The summed E-state index contributed by atoms with van der Waals surface area (Å²) in [6.45, 7) is 0.393.